The molecule has 2 nitrogen and oxygen atoms in total. The van der Waals surface area contributed by atoms with Gasteiger partial charge in [0.1, 0.15) is 11.2 Å². The highest BCUT2D eigenvalue weighted by Crippen LogP contribution is 2.31. The summed E-state index contributed by atoms with van der Waals surface area (Å²) in [6, 6.07) is 12.0. The Morgan fingerprint density at radius 3 is 2.67 bits per heavy atom. The van der Waals surface area contributed by atoms with Crippen LogP contribution >= 0.6 is 0 Å². The number of benzene rings is 2. The van der Waals surface area contributed by atoms with Gasteiger partial charge in [0, 0.05) is 22.5 Å². The Morgan fingerprint density at radius 2 is 1.80 bits per heavy atom. The van der Waals surface area contributed by atoms with E-state index in [1.165, 1.54) is 0 Å². The van der Waals surface area contributed by atoms with Gasteiger partial charge in [0.2, 0.25) is 0 Å². The van der Waals surface area contributed by atoms with Crippen LogP contribution in [0.2, 0.25) is 0 Å². The molecule has 0 unspecified atom stereocenters. The first kappa shape index (κ1) is 8.36. The summed E-state index contributed by atoms with van der Waals surface area (Å²) in [4.78, 5) is 0. The van der Waals surface area contributed by atoms with Gasteiger partial charge in [0.05, 0.1) is 0 Å². The lowest BCUT2D eigenvalue weighted by Crippen LogP contribution is -1.87. The van der Waals surface area contributed by atoms with E-state index in [-0.39, 0.29) is 0 Å². The van der Waals surface area contributed by atoms with E-state index in [2.05, 4.69) is 12.1 Å². The van der Waals surface area contributed by atoms with Crippen molar-refractivity contribution in [2.75, 3.05) is 5.73 Å². The van der Waals surface area contributed by atoms with Gasteiger partial charge in [-0.3, -0.25) is 0 Å². The fraction of sp³-hybridized carbons (Fsp3) is 0.0769. The lowest BCUT2D eigenvalue weighted by molar-refractivity contribution is 0.669. The molecule has 2 aromatic carbocycles. The molecule has 3 rings (SSSR count). The normalized spacial score (nSPS) is 11.3. The SMILES string of the molecule is Cc1cc2c(cc1N)oc1ccccc12. The van der Waals surface area contributed by atoms with Crippen molar-refractivity contribution in [2.45, 2.75) is 6.92 Å². The molecule has 0 aliphatic heterocycles. The fourth-order valence-electron chi connectivity index (χ4n) is 1.90. The third-order valence-electron chi connectivity index (χ3n) is 2.77. The van der Waals surface area contributed by atoms with Crippen LogP contribution in [-0.4, -0.2) is 0 Å². The summed E-state index contributed by atoms with van der Waals surface area (Å²) >= 11 is 0. The summed E-state index contributed by atoms with van der Waals surface area (Å²) in [7, 11) is 0. The minimum atomic E-state index is 0.779. The van der Waals surface area contributed by atoms with Crippen LogP contribution in [0.5, 0.6) is 0 Å². The quantitative estimate of drug-likeness (QED) is 0.560. The number of hydrogen-bond donors (Lipinski definition) is 1. The van der Waals surface area contributed by atoms with Crippen LogP contribution in [-0.2, 0) is 0 Å². The van der Waals surface area contributed by atoms with Gasteiger partial charge >= 0.3 is 0 Å². The second-order valence-corrected chi connectivity index (χ2v) is 3.80. The van der Waals surface area contributed by atoms with Crippen LogP contribution in [0.3, 0.4) is 0 Å². The molecule has 0 fully saturated rings. The minimum absolute atomic E-state index is 0.779. The van der Waals surface area contributed by atoms with E-state index < -0.39 is 0 Å². The second kappa shape index (κ2) is 2.76. The Hall–Kier alpha value is -1.96. The van der Waals surface area contributed by atoms with Crippen molar-refractivity contribution in [3.05, 3.63) is 42.0 Å². The molecule has 74 valence electrons. The van der Waals surface area contributed by atoms with Gasteiger partial charge in [0.25, 0.3) is 0 Å². The van der Waals surface area contributed by atoms with Crippen LogP contribution in [0.1, 0.15) is 5.56 Å². The predicted octanol–water partition coefficient (Wildman–Crippen LogP) is 3.48. The molecule has 1 heterocycles. The maximum atomic E-state index is 5.85. The predicted molar refractivity (Wildman–Crippen MR) is 62.9 cm³/mol. The van der Waals surface area contributed by atoms with Gasteiger partial charge in [-0.15, -0.1) is 0 Å². The van der Waals surface area contributed by atoms with E-state index in [9.17, 15) is 0 Å². The van der Waals surface area contributed by atoms with Gasteiger partial charge in [-0.1, -0.05) is 18.2 Å². The average molecular weight is 197 g/mol. The maximum absolute atomic E-state index is 5.85. The first-order valence-corrected chi connectivity index (χ1v) is 4.93. The van der Waals surface area contributed by atoms with E-state index in [4.69, 9.17) is 10.2 Å². The number of nitrogens with two attached hydrogens (primary N) is 1. The van der Waals surface area contributed by atoms with Crippen LogP contribution in [0, 0.1) is 6.92 Å². The molecule has 1 aromatic heterocycles. The van der Waals surface area contributed by atoms with Crippen molar-refractivity contribution in [3.63, 3.8) is 0 Å². The minimum Gasteiger partial charge on any atom is -0.456 e. The number of rotatable bonds is 0. The number of para-hydroxylation sites is 1. The number of anilines is 1. The van der Waals surface area contributed by atoms with Gasteiger partial charge in [-0.25, -0.2) is 0 Å². The number of furan rings is 1. The lowest BCUT2D eigenvalue weighted by atomic mass is 10.1. The standard InChI is InChI=1S/C13H11NO/c1-8-6-10-9-4-2-3-5-12(9)15-13(10)7-11(8)14/h2-7H,14H2,1H3. The zero-order chi connectivity index (χ0) is 10.4. The molecule has 15 heavy (non-hydrogen) atoms. The summed E-state index contributed by atoms with van der Waals surface area (Å²) < 4.78 is 5.71. The molecular formula is C13H11NO. The van der Waals surface area contributed by atoms with Crippen molar-refractivity contribution in [2.24, 2.45) is 0 Å². The first-order valence-electron chi connectivity index (χ1n) is 4.93. The Labute approximate surface area is 87.3 Å². The van der Waals surface area contributed by atoms with Crippen molar-refractivity contribution >= 4 is 27.6 Å². The largest absolute Gasteiger partial charge is 0.456 e. The molecule has 0 bridgehead atoms. The molecule has 0 atom stereocenters. The smallest absolute Gasteiger partial charge is 0.137 e. The molecular weight excluding hydrogens is 186 g/mol. The third kappa shape index (κ3) is 1.11. The number of hydrogen-bond acceptors (Lipinski definition) is 2. The first-order chi connectivity index (χ1) is 7.25. The number of aryl methyl sites for hydroxylation is 1. The van der Waals surface area contributed by atoms with Crippen molar-refractivity contribution in [3.8, 4) is 0 Å². The molecule has 3 aromatic rings. The van der Waals surface area contributed by atoms with Crippen molar-refractivity contribution in [1.82, 2.24) is 0 Å². The summed E-state index contributed by atoms with van der Waals surface area (Å²) in [5.41, 5.74) is 9.49. The second-order valence-electron chi connectivity index (χ2n) is 3.80. The fourth-order valence-corrected chi connectivity index (χ4v) is 1.90. The Balaban J connectivity index is 2.56. The number of nitrogen functional groups attached to an aromatic ring is 1. The number of fused-ring (bicyclic) bond motifs is 3. The molecule has 2 N–H and O–H groups in total. The highest BCUT2D eigenvalue weighted by Gasteiger charge is 2.07. The van der Waals surface area contributed by atoms with Gasteiger partial charge in [0.15, 0.2) is 0 Å². The Morgan fingerprint density at radius 1 is 1.00 bits per heavy atom. The summed E-state index contributed by atoms with van der Waals surface area (Å²) in [6.07, 6.45) is 0. The lowest BCUT2D eigenvalue weighted by Gasteiger charge is -1.98. The molecule has 0 amide bonds. The monoisotopic (exact) mass is 197 g/mol. The van der Waals surface area contributed by atoms with Crippen LogP contribution in [0.15, 0.2) is 40.8 Å². The zero-order valence-electron chi connectivity index (χ0n) is 8.45. The highest BCUT2D eigenvalue weighted by molar-refractivity contribution is 6.05. The molecule has 0 radical (unpaired) electrons. The van der Waals surface area contributed by atoms with Gasteiger partial charge in [-0.05, 0) is 24.6 Å². The molecule has 0 spiro atoms. The zero-order valence-corrected chi connectivity index (χ0v) is 8.45. The summed E-state index contributed by atoms with van der Waals surface area (Å²) in [5.74, 6) is 0. The van der Waals surface area contributed by atoms with Crippen LogP contribution < -0.4 is 5.73 Å². The van der Waals surface area contributed by atoms with E-state index in [0.717, 1.165) is 33.2 Å². The Kier molecular flexibility index (Phi) is 1.54. The Bertz CT molecular complexity index is 652. The molecule has 0 saturated carbocycles. The highest BCUT2D eigenvalue weighted by atomic mass is 16.3. The van der Waals surface area contributed by atoms with Crippen molar-refractivity contribution < 1.29 is 4.42 Å². The molecule has 0 saturated heterocycles. The van der Waals surface area contributed by atoms with Gasteiger partial charge < -0.3 is 10.2 Å². The molecule has 0 aliphatic rings. The third-order valence-corrected chi connectivity index (χ3v) is 2.77. The molecule has 2 heteroatoms. The van der Waals surface area contributed by atoms with E-state index in [1.54, 1.807) is 0 Å². The van der Waals surface area contributed by atoms with E-state index in [1.807, 2.05) is 31.2 Å². The van der Waals surface area contributed by atoms with E-state index >= 15 is 0 Å². The topological polar surface area (TPSA) is 39.2 Å². The summed E-state index contributed by atoms with van der Waals surface area (Å²) in [5, 5.41) is 2.29. The average Bonchev–Trinajstić information content (AvgIpc) is 2.57. The maximum Gasteiger partial charge on any atom is 0.137 e. The molecule has 0 aliphatic carbocycles. The van der Waals surface area contributed by atoms with Crippen LogP contribution in [0.4, 0.5) is 5.69 Å². The van der Waals surface area contributed by atoms with Gasteiger partial charge in [-0.2, -0.15) is 0 Å². The summed E-state index contributed by atoms with van der Waals surface area (Å²) in [6.45, 7) is 2.01. The van der Waals surface area contributed by atoms with Crippen LogP contribution in [0.25, 0.3) is 21.9 Å². The van der Waals surface area contributed by atoms with E-state index in [0.29, 0.717) is 0 Å². The van der Waals surface area contributed by atoms with Crippen molar-refractivity contribution in [1.29, 1.82) is 0 Å².